The molecule has 5 heteroatoms. The summed E-state index contributed by atoms with van der Waals surface area (Å²) in [5.74, 6) is 0. The summed E-state index contributed by atoms with van der Waals surface area (Å²) in [6, 6.07) is 6.70. The molecule has 2 atom stereocenters. The fraction of sp³-hybridized carbons (Fsp3) is 0.680. The van der Waals surface area contributed by atoms with Gasteiger partial charge < -0.3 is 4.74 Å². The number of allylic oxidation sites excluding steroid dienone is 2. The number of rotatable bonds is 17. The van der Waals surface area contributed by atoms with Crippen LogP contribution in [0.3, 0.4) is 0 Å². The Labute approximate surface area is 184 Å². The highest BCUT2D eigenvalue weighted by Gasteiger charge is 2.39. The number of aryl methyl sites for hydroxylation is 1. The summed E-state index contributed by atoms with van der Waals surface area (Å²) in [6.07, 6.45) is 19.8. The lowest BCUT2D eigenvalue weighted by Crippen LogP contribution is -2.12. The molecule has 0 saturated carbocycles. The van der Waals surface area contributed by atoms with Crippen LogP contribution < -0.4 is 0 Å². The van der Waals surface area contributed by atoms with E-state index in [1.807, 2.05) is 6.92 Å². The maximum absolute atomic E-state index is 12.2. The normalized spacial score (nSPS) is 18.9. The molecule has 1 aromatic carbocycles. The van der Waals surface area contributed by atoms with Crippen molar-refractivity contribution in [2.24, 2.45) is 0 Å². The Kier molecular flexibility index (Phi) is 11.7. The highest BCUT2D eigenvalue weighted by atomic mass is 32.2. The van der Waals surface area contributed by atoms with Crippen molar-refractivity contribution in [2.75, 3.05) is 6.61 Å². The van der Waals surface area contributed by atoms with Gasteiger partial charge in [-0.15, -0.1) is 0 Å². The van der Waals surface area contributed by atoms with E-state index in [9.17, 15) is 8.42 Å². The third-order valence-electron chi connectivity index (χ3n) is 5.64. The molecule has 30 heavy (non-hydrogen) atoms. The summed E-state index contributed by atoms with van der Waals surface area (Å²) in [7, 11) is -3.70. The summed E-state index contributed by atoms with van der Waals surface area (Å²) in [6.45, 7) is 4.28. The molecule has 0 N–H and O–H groups in total. The minimum Gasteiger partial charge on any atom is -0.367 e. The molecule has 0 unspecified atom stereocenters. The maximum Gasteiger partial charge on any atom is 0.297 e. The standard InChI is InChI=1S/C25H40O4S/c1-3-4-5-6-7-8-9-10-11-12-13-14-15-16-24-25(29-24)21-28-30(26,27)23-19-17-22(2)18-20-23/h13-14,17-20,24-25H,3-12,15-16,21H2,1-2H3/b14-13+/t24-,25-/m1/s1. The first-order valence-electron chi connectivity index (χ1n) is 11.8. The van der Waals surface area contributed by atoms with E-state index in [-0.39, 0.29) is 23.7 Å². The molecule has 4 nitrogen and oxygen atoms in total. The average Bonchev–Trinajstić information content (AvgIpc) is 3.49. The molecule has 2 rings (SSSR count). The van der Waals surface area contributed by atoms with Crippen molar-refractivity contribution >= 4 is 10.1 Å². The first-order chi connectivity index (χ1) is 14.5. The minimum atomic E-state index is -3.70. The lowest BCUT2D eigenvalue weighted by molar-refractivity contribution is 0.263. The molecule has 1 saturated heterocycles. The van der Waals surface area contributed by atoms with Crippen LogP contribution in [0.25, 0.3) is 0 Å². The zero-order chi connectivity index (χ0) is 21.7. The summed E-state index contributed by atoms with van der Waals surface area (Å²) in [5, 5.41) is 0. The van der Waals surface area contributed by atoms with Crippen molar-refractivity contribution in [3.05, 3.63) is 42.0 Å². The van der Waals surface area contributed by atoms with Crippen LogP contribution in [0.2, 0.25) is 0 Å². The SMILES string of the molecule is CCCCCCCCCCC/C=C/CC[C@H]1O[C@@H]1COS(=O)(=O)c1ccc(C)cc1. The van der Waals surface area contributed by atoms with Crippen LogP contribution in [0.5, 0.6) is 0 Å². The number of ether oxygens (including phenoxy) is 1. The molecule has 0 aliphatic carbocycles. The van der Waals surface area contributed by atoms with Gasteiger partial charge in [0.05, 0.1) is 17.6 Å². The topological polar surface area (TPSA) is 55.9 Å². The molecule has 0 bridgehead atoms. The zero-order valence-electron chi connectivity index (χ0n) is 18.9. The van der Waals surface area contributed by atoms with Crippen LogP contribution in [0.4, 0.5) is 0 Å². The largest absolute Gasteiger partial charge is 0.367 e. The summed E-state index contributed by atoms with van der Waals surface area (Å²) < 4.78 is 35.1. The van der Waals surface area contributed by atoms with Crippen LogP contribution in [0.1, 0.15) is 89.5 Å². The van der Waals surface area contributed by atoms with Crippen molar-refractivity contribution in [3.63, 3.8) is 0 Å². The van der Waals surface area contributed by atoms with Crippen molar-refractivity contribution in [2.45, 2.75) is 108 Å². The number of benzene rings is 1. The van der Waals surface area contributed by atoms with Crippen molar-refractivity contribution in [3.8, 4) is 0 Å². The van der Waals surface area contributed by atoms with E-state index >= 15 is 0 Å². The number of hydrogen-bond acceptors (Lipinski definition) is 4. The Balaban J connectivity index is 1.45. The van der Waals surface area contributed by atoms with E-state index in [0.717, 1.165) is 24.8 Å². The van der Waals surface area contributed by atoms with Gasteiger partial charge in [0.15, 0.2) is 0 Å². The van der Waals surface area contributed by atoms with Crippen molar-refractivity contribution in [1.29, 1.82) is 0 Å². The average molecular weight is 437 g/mol. The molecule has 0 radical (unpaired) electrons. The van der Waals surface area contributed by atoms with Crippen LogP contribution in [-0.2, 0) is 19.0 Å². The van der Waals surface area contributed by atoms with Gasteiger partial charge in [0, 0.05) is 0 Å². The molecule has 170 valence electrons. The smallest absolute Gasteiger partial charge is 0.297 e. The Morgan fingerprint density at radius 3 is 2.13 bits per heavy atom. The third kappa shape index (κ3) is 10.2. The third-order valence-corrected chi connectivity index (χ3v) is 6.94. The highest BCUT2D eigenvalue weighted by molar-refractivity contribution is 7.86. The fourth-order valence-corrected chi connectivity index (χ4v) is 4.50. The van der Waals surface area contributed by atoms with Crippen molar-refractivity contribution < 1.29 is 17.3 Å². The quantitative estimate of drug-likeness (QED) is 0.118. The molecule has 0 aromatic heterocycles. The van der Waals surface area contributed by atoms with E-state index in [2.05, 4.69) is 19.1 Å². The lowest BCUT2D eigenvalue weighted by Gasteiger charge is -2.04. The second-order valence-electron chi connectivity index (χ2n) is 8.43. The van der Waals surface area contributed by atoms with Crippen LogP contribution in [-0.4, -0.2) is 27.2 Å². The number of unbranched alkanes of at least 4 members (excludes halogenated alkanes) is 9. The molecule has 1 heterocycles. The van der Waals surface area contributed by atoms with Gasteiger partial charge in [0.2, 0.25) is 0 Å². The first kappa shape index (κ1) is 25.1. The Morgan fingerprint density at radius 1 is 0.867 bits per heavy atom. The second kappa shape index (κ2) is 14.0. The van der Waals surface area contributed by atoms with E-state index in [4.69, 9.17) is 8.92 Å². The van der Waals surface area contributed by atoms with Gasteiger partial charge in [0.1, 0.15) is 6.10 Å². The van der Waals surface area contributed by atoms with E-state index in [1.165, 1.54) is 57.8 Å². The Hall–Kier alpha value is -1.17. The van der Waals surface area contributed by atoms with E-state index in [0.29, 0.717) is 0 Å². The van der Waals surface area contributed by atoms with Crippen molar-refractivity contribution in [1.82, 2.24) is 0 Å². The van der Waals surface area contributed by atoms with Gasteiger partial charge >= 0.3 is 0 Å². The summed E-state index contributed by atoms with van der Waals surface area (Å²) >= 11 is 0. The molecular formula is C25H40O4S. The molecule has 1 aliphatic rings. The van der Waals surface area contributed by atoms with Gasteiger partial charge in [-0.3, -0.25) is 4.18 Å². The Morgan fingerprint density at radius 2 is 1.47 bits per heavy atom. The summed E-state index contributed by atoms with van der Waals surface area (Å²) in [5.41, 5.74) is 1.02. The van der Waals surface area contributed by atoms with Crippen LogP contribution in [0.15, 0.2) is 41.3 Å². The fourth-order valence-electron chi connectivity index (χ4n) is 3.58. The molecule has 1 aliphatic heterocycles. The first-order valence-corrected chi connectivity index (χ1v) is 13.2. The molecular weight excluding hydrogens is 396 g/mol. The number of epoxide rings is 1. The van der Waals surface area contributed by atoms with E-state index < -0.39 is 10.1 Å². The monoisotopic (exact) mass is 436 g/mol. The second-order valence-corrected chi connectivity index (χ2v) is 10.0. The predicted octanol–water partition coefficient (Wildman–Crippen LogP) is 6.73. The summed E-state index contributed by atoms with van der Waals surface area (Å²) in [4.78, 5) is 0.199. The van der Waals surface area contributed by atoms with Gasteiger partial charge in [0.25, 0.3) is 10.1 Å². The van der Waals surface area contributed by atoms with Gasteiger partial charge in [-0.2, -0.15) is 8.42 Å². The number of hydrogen-bond donors (Lipinski definition) is 0. The maximum atomic E-state index is 12.2. The minimum absolute atomic E-state index is 0.100. The molecule has 0 amide bonds. The highest BCUT2D eigenvalue weighted by Crippen LogP contribution is 2.28. The predicted molar refractivity (Wildman–Crippen MR) is 123 cm³/mol. The molecule has 1 fully saturated rings. The zero-order valence-corrected chi connectivity index (χ0v) is 19.7. The lowest BCUT2D eigenvalue weighted by atomic mass is 10.1. The van der Waals surface area contributed by atoms with Crippen LogP contribution >= 0.6 is 0 Å². The van der Waals surface area contributed by atoms with Gasteiger partial charge in [-0.1, -0.05) is 88.1 Å². The Bertz CT molecular complexity index is 709. The van der Waals surface area contributed by atoms with Gasteiger partial charge in [-0.25, -0.2) is 0 Å². The van der Waals surface area contributed by atoms with E-state index in [1.54, 1.807) is 24.3 Å². The molecule has 0 spiro atoms. The van der Waals surface area contributed by atoms with Gasteiger partial charge in [-0.05, 0) is 44.7 Å². The van der Waals surface area contributed by atoms with Crippen LogP contribution in [0, 0.1) is 6.92 Å². The molecule has 1 aromatic rings.